The van der Waals surface area contributed by atoms with E-state index in [2.05, 4.69) is 4.74 Å². The van der Waals surface area contributed by atoms with Gasteiger partial charge in [-0.2, -0.15) is 8.78 Å². The third-order valence-corrected chi connectivity index (χ3v) is 6.03. The zero-order valence-corrected chi connectivity index (χ0v) is 18.4. The van der Waals surface area contributed by atoms with E-state index in [1.54, 1.807) is 0 Å². The van der Waals surface area contributed by atoms with Crippen LogP contribution in [0.3, 0.4) is 0 Å². The first-order valence-electron chi connectivity index (χ1n) is 10.5. The standard InChI is InChI=1S/C27H11F9O/c1-37-27-25(35)23(33)20(24(34)26(27)36)18-12-5-3-2-4-11(12)17(13-7-6-10(28)8-14(13)18)19-21(31)15(29)9-16(30)22(19)32/h2-9H,1H3. The molecule has 188 valence electrons. The van der Waals surface area contributed by atoms with Crippen molar-refractivity contribution in [3.8, 4) is 28.0 Å². The van der Waals surface area contributed by atoms with Crippen molar-refractivity contribution in [2.45, 2.75) is 0 Å². The first kappa shape index (κ1) is 24.5. The van der Waals surface area contributed by atoms with Crippen LogP contribution in [0, 0.1) is 52.4 Å². The van der Waals surface area contributed by atoms with Crippen LogP contribution in [0.5, 0.6) is 5.75 Å². The summed E-state index contributed by atoms with van der Waals surface area (Å²) < 4.78 is 137. The van der Waals surface area contributed by atoms with Crippen LogP contribution in [0.15, 0.2) is 48.5 Å². The Labute approximate surface area is 202 Å². The molecule has 0 bridgehead atoms. The molecule has 0 saturated heterocycles. The van der Waals surface area contributed by atoms with Crippen molar-refractivity contribution in [2.75, 3.05) is 7.11 Å². The number of hydrogen-bond acceptors (Lipinski definition) is 1. The molecule has 1 nitrogen and oxygen atoms in total. The van der Waals surface area contributed by atoms with E-state index in [1.165, 1.54) is 24.3 Å². The van der Waals surface area contributed by atoms with Gasteiger partial charge in [0.2, 0.25) is 11.6 Å². The minimum atomic E-state index is -1.88. The fourth-order valence-electron chi connectivity index (χ4n) is 4.49. The molecular formula is C27H11F9O. The smallest absolute Gasteiger partial charge is 0.204 e. The Bertz CT molecular complexity index is 1710. The Kier molecular flexibility index (Phi) is 5.77. The average molecular weight is 522 g/mol. The van der Waals surface area contributed by atoms with Gasteiger partial charge in [-0.3, -0.25) is 0 Å². The number of methoxy groups -OCH3 is 1. The minimum Gasteiger partial charge on any atom is -0.491 e. The van der Waals surface area contributed by atoms with Crippen LogP contribution in [-0.2, 0) is 0 Å². The number of halogens is 9. The maximum atomic E-state index is 15.2. The predicted octanol–water partition coefficient (Wildman–Crippen LogP) is 8.59. The third-order valence-electron chi connectivity index (χ3n) is 6.03. The normalized spacial score (nSPS) is 11.5. The highest BCUT2D eigenvalue weighted by molar-refractivity contribution is 6.21. The fourth-order valence-corrected chi connectivity index (χ4v) is 4.49. The van der Waals surface area contributed by atoms with Gasteiger partial charge in [0.25, 0.3) is 0 Å². The van der Waals surface area contributed by atoms with E-state index < -0.39 is 85.7 Å². The molecule has 5 rings (SSSR count). The summed E-state index contributed by atoms with van der Waals surface area (Å²) in [5.74, 6) is -16.9. The van der Waals surface area contributed by atoms with Crippen molar-refractivity contribution in [3.05, 3.63) is 101 Å². The summed E-state index contributed by atoms with van der Waals surface area (Å²) in [5.41, 5.74) is -3.45. The molecule has 5 aromatic rings. The second-order valence-electron chi connectivity index (χ2n) is 7.99. The Morgan fingerprint density at radius 1 is 0.459 bits per heavy atom. The average Bonchev–Trinajstić information content (AvgIpc) is 2.87. The largest absolute Gasteiger partial charge is 0.491 e. The van der Waals surface area contributed by atoms with Crippen molar-refractivity contribution in [1.29, 1.82) is 0 Å². The van der Waals surface area contributed by atoms with Gasteiger partial charge in [0.05, 0.1) is 18.2 Å². The van der Waals surface area contributed by atoms with Crippen LogP contribution < -0.4 is 4.74 Å². The molecule has 0 aromatic heterocycles. The lowest BCUT2D eigenvalue weighted by atomic mass is 9.85. The second kappa shape index (κ2) is 8.72. The van der Waals surface area contributed by atoms with Crippen LogP contribution in [0.1, 0.15) is 0 Å². The van der Waals surface area contributed by atoms with Gasteiger partial charge in [0, 0.05) is 17.2 Å². The maximum absolute atomic E-state index is 15.2. The van der Waals surface area contributed by atoms with Crippen molar-refractivity contribution in [1.82, 2.24) is 0 Å². The third kappa shape index (κ3) is 3.50. The highest BCUT2D eigenvalue weighted by Gasteiger charge is 2.31. The molecule has 0 aliphatic rings. The molecular weight excluding hydrogens is 511 g/mol. The van der Waals surface area contributed by atoms with Crippen molar-refractivity contribution in [2.24, 2.45) is 0 Å². The SMILES string of the molecule is COc1c(F)c(F)c(-c2c3ccccc3c(-c3c(F)c(F)cc(F)c3F)c3ccc(F)cc23)c(F)c1F. The van der Waals surface area contributed by atoms with Crippen LogP contribution in [0.4, 0.5) is 39.5 Å². The van der Waals surface area contributed by atoms with E-state index in [1.807, 2.05) is 0 Å². The zero-order chi connectivity index (χ0) is 26.8. The number of hydrogen-bond donors (Lipinski definition) is 0. The van der Waals surface area contributed by atoms with Gasteiger partial charge in [-0.15, -0.1) is 0 Å². The number of rotatable bonds is 3. The number of ether oxygens (including phenoxy) is 1. The lowest BCUT2D eigenvalue weighted by molar-refractivity contribution is 0.334. The van der Waals surface area contributed by atoms with Gasteiger partial charge < -0.3 is 4.74 Å². The Morgan fingerprint density at radius 2 is 0.919 bits per heavy atom. The monoisotopic (exact) mass is 522 g/mol. The molecule has 0 saturated carbocycles. The Hall–Kier alpha value is -4.21. The van der Waals surface area contributed by atoms with Crippen LogP contribution in [0.2, 0.25) is 0 Å². The van der Waals surface area contributed by atoms with E-state index in [0.29, 0.717) is 6.07 Å². The van der Waals surface area contributed by atoms with Gasteiger partial charge in [-0.25, -0.2) is 30.7 Å². The highest BCUT2D eigenvalue weighted by atomic mass is 19.2. The number of benzene rings is 5. The molecule has 5 aromatic carbocycles. The van der Waals surface area contributed by atoms with Gasteiger partial charge in [0.1, 0.15) is 5.82 Å². The molecule has 0 fully saturated rings. The van der Waals surface area contributed by atoms with E-state index in [9.17, 15) is 30.7 Å². The Morgan fingerprint density at radius 3 is 1.43 bits per heavy atom. The summed E-state index contributed by atoms with van der Waals surface area (Å²) in [5, 5.41) is -1.21. The molecule has 0 aliphatic carbocycles. The van der Waals surface area contributed by atoms with E-state index in [-0.39, 0.29) is 22.2 Å². The molecule has 0 aliphatic heterocycles. The summed E-state index contributed by atoms with van der Waals surface area (Å²) >= 11 is 0. The molecule has 0 heterocycles. The first-order valence-corrected chi connectivity index (χ1v) is 10.5. The molecule has 0 amide bonds. The Balaban J connectivity index is 2.09. The summed E-state index contributed by atoms with van der Waals surface area (Å²) in [6, 6.07) is 7.57. The molecule has 10 heteroatoms. The molecule has 0 atom stereocenters. The van der Waals surface area contributed by atoms with Crippen LogP contribution in [0.25, 0.3) is 43.8 Å². The molecule has 0 radical (unpaired) electrons. The van der Waals surface area contributed by atoms with Gasteiger partial charge in [-0.1, -0.05) is 30.3 Å². The lowest BCUT2D eigenvalue weighted by Crippen LogP contribution is -2.05. The van der Waals surface area contributed by atoms with Crippen molar-refractivity contribution in [3.63, 3.8) is 0 Å². The second-order valence-corrected chi connectivity index (χ2v) is 7.99. The molecule has 37 heavy (non-hydrogen) atoms. The van der Waals surface area contributed by atoms with Crippen LogP contribution >= 0.6 is 0 Å². The zero-order valence-electron chi connectivity index (χ0n) is 18.4. The van der Waals surface area contributed by atoms with E-state index >= 15 is 8.78 Å². The predicted molar refractivity (Wildman–Crippen MR) is 119 cm³/mol. The summed E-state index contributed by atoms with van der Waals surface area (Å²) in [4.78, 5) is 0. The molecule has 0 N–H and O–H groups in total. The molecule has 0 unspecified atom stereocenters. The van der Waals surface area contributed by atoms with Crippen LogP contribution in [-0.4, -0.2) is 7.11 Å². The molecule has 0 spiro atoms. The number of fused-ring (bicyclic) bond motifs is 2. The summed E-state index contributed by atoms with van der Waals surface area (Å²) in [7, 11) is 0.788. The summed E-state index contributed by atoms with van der Waals surface area (Å²) in [6.45, 7) is 0. The van der Waals surface area contributed by atoms with Gasteiger partial charge in [0.15, 0.2) is 40.7 Å². The van der Waals surface area contributed by atoms with Crippen molar-refractivity contribution >= 4 is 21.5 Å². The minimum absolute atomic E-state index is 0.000245. The fraction of sp³-hybridized carbons (Fsp3) is 0.0370. The maximum Gasteiger partial charge on any atom is 0.204 e. The highest BCUT2D eigenvalue weighted by Crippen LogP contribution is 2.48. The van der Waals surface area contributed by atoms with E-state index in [0.717, 1.165) is 19.2 Å². The topological polar surface area (TPSA) is 9.23 Å². The van der Waals surface area contributed by atoms with E-state index in [4.69, 9.17) is 0 Å². The quantitative estimate of drug-likeness (QED) is 0.131. The lowest BCUT2D eigenvalue weighted by Gasteiger charge is -2.20. The van der Waals surface area contributed by atoms with Crippen molar-refractivity contribution < 1.29 is 44.3 Å². The van der Waals surface area contributed by atoms with Gasteiger partial charge >= 0.3 is 0 Å². The first-order chi connectivity index (χ1) is 17.6. The van der Waals surface area contributed by atoms with Gasteiger partial charge in [-0.05, 0) is 33.7 Å². The summed E-state index contributed by atoms with van der Waals surface area (Å²) in [6.07, 6.45) is 0.